The van der Waals surface area contributed by atoms with Crippen LogP contribution in [0.1, 0.15) is 65.2 Å². The summed E-state index contributed by atoms with van der Waals surface area (Å²) >= 11 is 0. The van der Waals surface area contributed by atoms with E-state index in [0.717, 1.165) is 30.6 Å². The van der Waals surface area contributed by atoms with Gasteiger partial charge in [0, 0.05) is 17.6 Å². The van der Waals surface area contributed by atoms with E-state index in [9.17, 15) is 0 Å². The molecule has 32 heavy (non-hydrogen) atoms. The van der Waals surface area contributed by atoms with Crippen LogP contribution in [0.15, 0.2) is 5.16 Å². The van der Waals surface area contributed by atoms with E-state index in [1.165, 1.54) is 44.2 Å². The first-order valence-corrected chi connectivity index (χ1v) is 20.0. The van der Waals surface area contributed by atoms with Crippen LogP contribution >= 0.6 is 0 Å². The molecule has 0 aromatic heterocycles. The maximum atomic E-state index is 7.09. The highest BCUT2D eigenvalue weighted by Gasteiger charge is 2.63. The molecule has 0 heterocycles. The SMILES string of the molecule is CO/N=C1/CCC2C3CCC4CC(O[Si](C)(C)C)CCC4(C)C3C(O[Si](C)(C)C)CC12C. The Balaban J connectivity index is 1.65. The molecule has 4 aliphatic carbocycles. The van der Waals surface area contributed by atoms with Crippen LogP contribution in [-0.4, -0.2) is 41.7 Å². The molecule has 0 amide bonds. The first-order chi connectivity index (χ1) is 14.8. The molecule has 0 aromatic rings. The van der Waals surface area contributed by atoms with Crippen LogP contribution in [0.2, 0.25) is 39.3 Å². The van der Waals surface area contributed by atoms with Gasteiger partial charge in [0.1, 0.15) is 7.11 Å². The Bertz CT molecular complexity index is 730. The Morgan fingerprint density at radius 1 is 0.906 bits per heavy atom. The second-order valence-corrected chi connectivity index (χ2v) is 22.8. The Labute approximate surface area is 199 Å². The first-order valence-electron chi connectivity index (χ1n) is 13.2. The molecule has 0 radical (unpaired) electrons. The van der Waals surface area contributed by atoms with Crippen LogP contribution < -0.4 is 0 Å². The Kier molecular flexibility index (Phi) is 6.62. The van der Waals surface area contributed by atoms with E-state index in [0.29, 0.717) is 23.5 Å². The molecule has 0 N–H and O–H groups in total. The predicted octanol–water partition coefficient (Wildman–Crippen LogP) is 7.08. The monoisotopic (exact) mass is 479 g/mol. The molecular weight excluding hydrogens is 430 g/mol. The molecule has 8 atom stereocenters. The summed E-state index contributed by atoms with van der Waals surface area (Å²) in [7, 11) is -1.45. The van der Waals surface area contributed by atoms with Gasteiger partial charge in [0.15, 0.2) is 16.6 Å². The second-order valence-electron chi connectivity index (χ2n) is 13.9. The van der Waals surface area contributed by atoms with Crippen molar-refractivity contribution in [2.75, 3.05) is 7.11 Å². The van der Waals surface area contributed by atoms with Crippen LogP contribution in [0.5, 0.6) is 0 Å². The fraction of sp³-hybridized carbons (Fsp3) is 0.962. The molecule has 184 valence electrons. The highest BCUT2D eigenvalue weighted by atomic mass is 28.4. The zero-order chi connectivity index (χ0) is 23.5. The summed E-state index contributed by atoms with van der Waals surface area (Å²) in [5, 5.41) is 4.55. The average molecular weight is 480 g/mol. The summed E-state index contributed by atoms with van der Waals surface area (Å²) in [5.74, 6) is 2.96. The van der Waals surface area contributed by atoms with Gasteiger partial charge < -0.3 is 13.7 Å². The number of rotatable bonds is 5. The molecule has 4 fully saturated rings. The smallest absolute Gasteiger partial charge is 0.184 e. The average Bonchev–Trinajstić information content (AvgIpc) is 2.95. The van der Waals surface area contributed by atoms with E-state index in [1.54, 1.807) is 7.11 Å². The molecule has 0 bridgehead atoms. The maximum absolute atomic E-state index is 7.09. The van der Waals surface area contributed by atoms with Gasteiger partial charge >= 0.3 is 0 Å². The summed E-state index contributed by atoms with van der Waals surface area (Å²) in [6.07, 6.45) is 10.9. The molecule has 0 saturated heterocycles. The number of oxime groups is 1. The standard InChI is InChI=1S/C26H49NO3Si2/c1-25-15-14-19(29-31(4,5)6)16-18(25)10-11-20-21-12-13-23(27-28-3)26(21,2)17-22(24(20)25)30-32(7,8)9/h18-22,24H,10-17H2,1-9H3/b27-23-. The lowest BCUT2D eigenvalue weighted by atomic mass is 9.44. The number of fused-ring (bicyclic) bond motifs is 5. The Morgan fingerprint density at radius 2 is 1.59 bits per heavy atom. The molecule has 0 aliphatic heterocycles. The van der Waals surface area contributed by atoms with Crippen molar-refractivity contribution in [3.05, 3.63) is 0 Å². The maximum Gasteiger partial charge on any atom is 0.184 e. The number of hydrogen-bond donors (Lipinski definition) is 0. The molecule has 8 unspecified atom stereocenters. The van der Waals surface area contributed by atoms with Gasteiger partial charge in [0.05, 0.1) is 5.71 Å². The lowest BCUT2D eigenvalue weighted by Gasteiger charge is -2.63. The van der Waals surface area contributed by atoms with Gasteiger partial charge in [-0.1, -0.05) is 19.0 Å². The lowest BCUT2D eigenvalue weighted by molar-refractivity contribution is -0.157. The topological polar surface area (TPSA) is 40.0 Å². The largest absolute Gasteiger partial charge is 0.415 e. The van der Waals surface area contributed by atoms with Crippen molar-refractivity contribution in [1.29, 1.82) is 0 Å². The van der Waals surface area contributed by atoms with E-state index in [-0.39, 0.29) is 5.41 Å². The van der Waals surface area contributed by atoms with Crippen LogP contribution in [0, 0.1) is 34.5 Å². The van der Waals surface area contributed by atoms with Gasteiger partial charge in [-0.05, 0) is 120 Å². The summed E-state index contributed by atoms with van der Waals surface area (Å²) in [6.45, 7) is 19.3. The third-order valence-electron chi connectivity index (χ3n) is 9.50. The van der Waals surface area contributed by atoms with Crippen molar-refractivity contribution in [3.63, 3.8) is 0 Å². The Hall–Kier alpha value is -0.176. The van der Waals surface area contributed by atoms with Gasteiger partial charge in [0.2, 0.25) is 0 Å². The van der Waals surface area contributed by atoms with Crippen LogP contribution in [-0.2, 0) is 13.7 Å². The van der Waals surface area contributed by atoms with Crippen molar-refractivity contribution in [2.24, 2.45) is 39.7 Å². The lowest BCUT2D eigenvalue weighted by Crippen LogP contribution is -2.61. The minimum absolute atomic E-state index is 0.142. The highest BCUT2D eigenvalue weighted by molar-refractivity contribution is 6.70. The molecular formula is C26H49NO3Si2. The van der Waals surface area contributed by atoms with Gasteiger partial charge in [-0.15, -0.1) is 0 Å². The molecule has 4 rings (SSSR count). The van der Waals surface area contributed by atoms with Crippen LogP contribution in [0.4, 0.5) is 0 Å². The van der Waals surface area contributed by atoms with E-state index in [2.05, 4.69) is 58.3 Å². The van der Waals surface area contributed by atoms with Crippen molar-refractivity contribution < 1.29 is 13.7 Å². The number of hydrogen-bond acceptors (Lipinski definition) is 4. The summed E-state index contributed by atoms with van der Waals surface area (Å²) in [6, 6.07) is 0. The van der Waals surface area contributed by atoms with E-state index in [4.69, 9.17) is 13.7 Å². The summed E-state index contributed by atoms with van der Waals surface area (Å²) < 4.78 is 13.7. The Morgan fingerprint density at radius 3 is 2.22 bits per heavy atom. The van der Waals surface area contributed by atoms with Crippen LogP contribution in [0.3, 0.4) is 0 Å². The van der Waals surface area contributed by atoms with Gasteiger partial charge in [-0.3, -0.25) is 0 Å². The van der Waals surface area contributed by atoms with Gasteiger partial charge in [0.25, 0.3) is 0 Å². The molecule has 4 aliphatic rings. The van der Waals surface area contributed by atoms with Crippen molar-refractivity contribution in [3.8, 4) is 0 Å². The van der Waals surface area contributed by atoms with Crippen molar-refractivity contribution in [2.45, 2.75) is 117 Å². The molecule has 4 saturated carbocycles. The van der Waals surface area contributed by atoms with Gasteiger partial charge in [-0.25, -0.2) is 0 Å². The van der Waals surface area contributed by atoms with Crippen LogP contribution in [0.25, 0.3) is 0 Å². The minimum Gasteiger partial charge on any atom is -0.415 e. The quantitative estimate of drug-likeness (QED) is 0.312. The van der Waals surface area contributed by atoms with E-state index >= 15 is 0 Å². The normalized spacial score (nSPS) is 45.8. The predicted molar refractivity (Wildman–Crippen MR) is 138 cm³/mol. The molecule has 0 spiro atoms. The highest BCUT2D eigenvalue weighted by Crippen LogP contribution is 2.66. The fourth-order valence-electron chi connectivity index (χ4n) is 8.53. The molecule has 6 heteroatoms. The third-order valence-corrected chi connectivity index (χ3v) is 11.5. The third kappa shape index (κ3) is 4.55. The number of nitrogens with zero attached hydrogens (tertiary/aromatic N) is 1. The minimum atomic E-state index is -1.66. The van der Waals surface area contributed by atoms with E-state index < -0.39 is 16.6 Å². The summed E-state index contributed by atoms with van der Waals surface area (Å²) in [5.41, 5.74) is 1.82. The van der Waals surface area contributed by atoms with E-state index in [1.807, 2.05) is 0 Å². The fourth-order valence-corrected chi connectivity index (χ4v) is 10.9. The van der Waals surface area contributed by atoms with Crippen molar-refractivity contribution >= 4 is 22.3 Å². The summed E-state index contributed by atoms with van der Waals surface area (Å²) in [4.78, 5) is 5.31. The zero-order valence-corrected chi connectivity index (χ0v) is 24.3. The van der Waals surface area contributed by atoms with Gasteiger partial charge in [-0.2, -0.15) is 0 Å². The zero-order valence-electron chi connectivity index (χ0n) is 22.3. The second kappa shape index (κ2) is 8.49. The van der Waals surface area contributed by atoms with Crippen molar-refractivity contribution in [1.82, 2.24) is 0 Å². The molecule has 4 nitrogen and oxygen atoms in total. The molecule has 0 aromatic carbocycles. The first kappa shape index (κ1) is 24.9.